The zero-order valence-electron chi connectivity index (χ0n) is 10.1. The molecule has 0 radical (unpaired) electrons. The van der Waals surface area contributed by atoms with Gasteiger partial charge in [-0.1, -0.05) is 15.9 Å². The molecule has 0 saturated carbocycles. The largest absolute Gasteiger partial charge is 0.336 e. The summed E-state index contributed by atoms with van der Waals surface area (Å²) in [5.41, 5.74) is 0.471. The second kappa shape index (κ2) is 5.53. The van der Waals surface area contributed by atoms with Crippen LogP contribution in [0.3, 0.4) is 0 Å². The molecule has 104 valence electrons. The number of nitrogens with zero attached hydrogens (tertiary/aromatic N) is 1. The van der Waals surface area contributed by atoms with Crippen LogP contribution in [0.25, 0.3) is 0 Å². The Morgan fingerprint density at radius 2 is 2.16 bits per heavy atom. The highest BCUT2D eigenvalue weighted by Gasteiger charge is 2.36. The number of rotatable bonds is 2. The van der Waals surface area contributed by atoms with Gasteiger partial charge in [0.15, 0.2) is 0 Å². The topological polar surface area (TPSA) is 20.3 Å². The first-order chi connectivity index (χ1) is 8.87. The third-order valence-electron chi connectivity index (χ3n) is 3.09. The van der Waals surface area contributed by atoms with E-state index in [2.05, 4.69) is 15.9 Å². The number of piperidine rings is 1. The predicted molar refractivity (Wildman–Crippen MR) is 68.6 cm³/mol. The number of carbonyl (C=O) groups is 1. The van der Waals surface area contributed by atoms with Crippen molar-refractivity contribution in [3.05, 3.63) is 34.1 Å². The van der Waals surface area contributed by atoms with Crippen molar-refractivity contribution in [3.8, 4) is 0 Å². The molecule has 0 unspecified atom stereocenters. The number of alkyl halides is 2. The average molecular weight is 336 g/mol. The predicted octanol–water partition coefficient (Wildman–Crippen LogP) is 3.39. The minimum atomic E-state index is -2.81. The van der Waals surface area contributed by atoms with Crippen LogP contribution in [-0.4, -0.2) is 29.8 Å². The normalized spacial score (nSPS) is 18.4. The number of amides is 1. The standard InChI is InChI=1S/C13H13BrF3NO/c14-11-3-2-10(15)6-9(11)7-12(19)18-5-1-4-13(16,17)8-18/h2-3,6H,1,4-5,7-8H2. The molecule has 0 atom stereocenters. The Balaban J connectivity index is 2.06. The molecule has 2 rings (SSSR count). The molecule has 6 heteroatoms. The van der Waals surface area contributed by atoms with E-state index in [1.165, 1.54) is 18.2 Å². The van der Waals surface area contributed by atoms with E-state index in [-0.39, 0.29) is 12.8 Å². The summed E-state index contributed by atoms with van der Waals surface area (Å²) >= 11 is 3.22. The number of hydrogen-bond acceptors (Lipinski definition) is 1. The average Bonchev–Trinajstić information content (AvgIpc) is 2.32. The molecule has 1 aromatic carbocycles. The Kier molecular flexibility index (Phi) is 4.18. The first-order valence-corrected chi connectivity index (χ1v) is 6.76. The summed E-state index contributed by atoms with van der Waals surface area (Å²) in [5.74, 6) is -3.66. The summed E-state index contributed by atoms with van der Waals surface area (Å²) in [7, 11) is 0. The Hall–Kier alpha value is -1.04. The van der Waals surface area contributed by atoms with Gasteiger partial charge in [-0.3, -0.25) is 4.79 Å². The van der Waals surface area contributed by atoms with E-state index in [9.17, 15) is 18.0 Å². The van der Waals surface area contributed by atoms with Crippen LogP contribution < -0.4 is 0 Å². The summed E-state index contributed by atoms with van der Waals surface area (Å²) in [6, 6.07) is 4.01. The molecule has 1 aromatic rings. The monoisotopic (exact) mass is 335 g/mol. The van der Waals surface area contributed by atoms with E-state index < -0.39 is 24.2 Å². The molecular weight excluding hydrogens is 323 g/mol. The van der Waals surface area contributed by atoms with Crippen molar-refractivity contribution in [1.29, 1.82) is 0 Å². The number of likely N-dealkylation sites (tertiary alicyclic amines) is 1. The maximum absolute atomic E-state index is 13.2. The highest BCUT2D eigenvalue weighted by Crippen LogP contribution is 2.27. The van der Waals surface area contributed by atoms with Gasteiger partial charge < -0.3 is 4.90 Å². The maximum atomic E-state index is 13.2. The Morgan fingerprint density at radius 1 is 1.42 bits per heavy atom. The van der Waals surface area contributed by atoms with Gasteiger partial charge in [0, 0.05) is 17.4 Å². The summed E-state index contributed by atoms with van der Waals surface area (Å²) < 4.78 is 40.2. The number of hydrogen-bond donors (Lipinski definition) is 0. The van der Waals surface area contributed by atoms with Gasteiger partial charge in [0.2, 0.25) is 5.91 Å². The van der Waals surface area contributed by atoms with Crippen molar-refractivity contribution in [2.75, 3.05) is 13.1 Å². The summed E-state index contributed by atoms with van der Waals surface area (Å²) in [5, 5.41) is 0. The van der Waals surface area contributed by atoms with Crippen LogP contribution in [0, 0.1) is 5.82 Å². The van der Waals surface area contributed by atoms with Crippen LogP contribution >= 0.6 is 15.9 Å². The molecule has 0 aromatic heterocycles. The first-order valence-electron chi connectivity index (χ1n) is 5.97. The van der Waals surface area contributed by atoms with E-state index >= 15 is 0 Å². The Morgan fingerprint density at radius 3 is 2.84 bits per heavy atom. The lowest BCUT2D eigenvalue weighted by atomic mass is 10.1. The molecule has 1 aliphatic heterocycles. The zero-order chi connectivity index (χ0) is 14.0. The van der Waals surface area contributed by atoms with Gasteiger partial charge in [-0.25, -0.2) is 13.2 Å². The minimum Gasteiger partial charge on any atom is -0.336 e. The van der Waals surface area contributed by atoms with Gasteiger partial charge >= 0.3 is 0 Å². The second-order valence-electron chi connectivity index (χ2n) is 4.69. The van der Waals surface area contributed by atoms with Gasteiger partial charge in [0.05, 0.1) is 13.0 Å². The molecule has 1 heterocycles. The van der Waals surface area contributed by atoms with Gasteiger partial charge in [-0.2, -0.15) is 0 Å². The van der Waals surface area contributed by atoms with E-state index in [0.717, 1.165) is 4.90 Å². The fraction of sp³-hybridized carbons (Fsp3) is 0.462. The fourth-order valence-electron chi connectivity index (χ4n) is 2.13. The molecule has 0 aliphatic carbocycles. The quantitative estimate of drug-likeness (QED) is 0.811. The van der Waals surface area contributed by atoms with Crippen molar-refractivity contribution in [2.45, 2.75) is 25.2 Å². The van der Waals surface area contributed by atoms with Crippen molar-refractivity contribution < 1.29 is 18.0 Å². The lowest BCUT2D eigenvalue weighted by Crippen LogP contribution is -2.46. The highest BCUT2D eigenvalue weighted by atomic mass is 79.9. The summed E-state index contributed by atoms with van der Waals surface area (Å²) in [4.78, 5) is 13.1. The lowest BCUT2D eigenvalue weighted by Gasteiger charge is -2.32. The Bertz CT molecular complexity index is 493. The highest BCUT2D eigenvalue weighted by molar-refractivity contribution is 9.10. The number of halogens is 4. The molecule has 1 fully saturated rings. The lowest BCUT2D eigenvalue weighted by molar-refractivity contribution is -0.140. The van der Waals surface area contributed by atoms with E-state index in [4.69, 9.17) is 0 Å². The molecule has 2 nitrogen and oxygen atoms in total. The molecule has 0 bridgehead atoms. The molecular formula is C13H13BrF3NO. The zero-order valence-corrected chi connectivity index (χ0v) is 11.7. The Labute approximate surface area is 117 Å². The van der Waals surface area contributed by atoms with E-state index in [0.29, 0.717) is 23.0 Å². The molecule has 0 spiro atoms. The van der Waals surface area contributed by atoms with Gasteiger partial charge in [-0.15, -0.1) is 0 Å². The van der Waals surface area contributed by atoms with Crippen molar-refractivity contribution in [1.82, 2.24) is 4.90 Å². The summed E-state index contributed by atoms with van der Waals surface area (Å²) in [6.07, 6.45) is 0.0396. The number of carbonyl (C=O) groups excluding carboxylic acids is 1. The third-order valence-corrected chi connectivity index (χ3v) is 3.87. The van der Waals surface area contributed by atoms with Crippen LogP contribution in [0.1, 0.15) is 18.4 Å². The summed E-state index contributed by atoms with van der Waals surface area (Å²) in [6.45, 7) is -0.208. The van der Waals surface area contributed by atoms with Crippen LogP contribution in [-0.2, 0) is 11.2 Å². The molecule has 0 N–H and O–H groups in total. The number of benzene rings is 1. The molecule has 19 heavy (non-hydrogen) atoms. The van der Waals surface area contributed by atoms with Crippen LogP contribution in [0.4, 0.5) is 13.2 Å². The van der Waals surface area contributed by atoms with Crippen LogP contribution in [0.5, 0.6) is 0 Å². The molecule has 1 amide bonds. The maximum Gasteiger partial charge on any atom is 0.265 e. The molecule has 1 saturated heterocycles. The first kappa shape index (κ1) is 14.4. The van der Waals surface area contributed by atoms with Gasteiger partial charge in [0.1, 0.15) is 5.82 Å². The van der Waals surface area contributed by atoms with Crippen LogP contribution in [0.2, 0.25) is 0 Å². The van der Waals surface area contributed by atoms with Gasteiger partial charge in [0.25, 0.3) is 5.92 Å². The SMILES string of the molecule is O=C(Cc1cc(F)ccc1Br)N1CCCC(F)(F)C1. The minimum absolute atomic E-state index is 0.0750. The van der Waals surface area contributed by atoms with E-state index in [1.807, 2.05) is 0 Å². The second-order valence-corrected chi connectivity index (χ2v) is 5.54. The van der Waals surface area contributed by atoms with Crippen molar-refractivity contribution in [3.63, 3.8) is 0 Å². The van der Waals surface area contributed by atoms with Gasteiger partial charge in [-0.05, 0) is 30.2 Å². The van der Waals surface area contributed by atoms with Crippen molar-refractivity contribution in [2.24, 2.45) is 0 Å². The van der Waals surface area contributed by atoms with Crippen molar-refractivity contribution >= 4 is 21.8 Å². The molecule has 1 aliphatic rings. The fourth-order valence-corrected chi connectivity index (χ4v) is 2.52. The van der Waals surface area contributed by atoms with E-state index in [1.54, 1.807) is 0 Å². The third kappa shape index (κ3) is 3.72. The smallest absolute Gasteiger partial charge is 0.265 e. The van der Waals surface area contributed by atoms with Crippen LogP contribution in [0.15, 0.2) is 22.7 Å².